The molecule has 2 heterocycles. The number of hydrazone groups is 2. The summed E-state index contributed by atoms with van der Waals surface area (Å²) in [5, 5.41) is 18.3. The standard InChI is InChI=1S/C10H14F2N6O4S/c11-9-5-8(14-18(15-9)1-3-19)7-6-13-17(16-10(7)12)2-4-23(20,21)22/h5-6,15-16,19H,1-4H2,(H,20,21,22). The van der Waals surface area contributed by atoms with Gasteiger partial charge >= 0.3 is 0 Å². The number of nitrogens with one attached hydrogen (secondary N) is 2. The first-order chi connectivity index (χ1) is 10.8. The van der Waals surface area contributed by atoms with Gasteiger partial charge < -0.3 is 5.11 Å². The zero-order chi connectivity index (χ0) is 17.0. The van der Waals surface area contributed by atoms with Gasteiger partial charge in [-0.25, -0.2) is 10.2 Å². The lowest BCUT2D eigenvalue weighted by atomic mass is 10.1. The van der Waals surface area contributed by atoms with Crippen LogP contribution in [0.25, 0.3) is 0 Å². The molecular weight excluding hydrogens is 338 g/mol. The second kappa shape index (κ2) is 6.89. The van der Waals surface area contributed by atoms with Gasteiger partial charge in [0.05, 0.1) is 37.2 Å². The number of β-amino-alcohol motifs (C(OH)–C–C–N with tert-alkyl or cyclic N) is 1. The minimum Gasteiger partial charge on any atom is -0.394 e. The van der Waals surface area contributed by atoms with Gasteiger partial charge in [0.1, 0.15) is 5.71 Å². The van der Waals surface area contributed by atoms with E-state index >= 15 is 0 Å². The van der Waals surface area contributed by atoms with E-state index in [-0.39, 0.29) is 31.0 Å². The molecule has 0 radical (unpaired) electrons. The van der Waals surface area contributed by atoms with E-state index in [1.54, 1.807) is 0 Å². The van der Waals surface area contributed by atoms with Gasteiger partial charge in [-0.15, -0.1) is 0 Å². The predicted molar refractivity (Wildman–Crippen MR) is 76.4 cm³/mol. The van der Waals surface area contributed by atoms with Crippen molar-refractivity contribution in [3.8, 4) is 0 Å². The molecule has 0 saturated carbocycles. The number of hydrogen-bond acceptors (Lipinski definition) is 9. The Labute approximate surface area is 130 Å². The average Bonchev–Trinajstić information content (AvgIpc) is 2.44. The van der Waals surface area contributed by atoms with Gasteiger partial charge in [0, 0.05) is 6.08 Å². The van der Waals surface area contributed by atoms with Crippen molar-refractivity contribution in [2.24, 2.45) is 10.2 Å². The zero-order valence-corrected chi connectivity index (χ0v) is 12.5. The molecule has 0 fully saturated rings. The molecule has 0 aromatic carbocycles. The number of hydrazine groups is 2. The molecule has 0 saturated heterocycles. The van der Waals surface area contributed by atoms with Gasteiger partial charge in [-0.2, -0.15) is 27.4 Å². The molecule has 0 aromatic rings. The van der Waals surface area contributed by atoms with Crippen LogP contribution >= 0.6 is 0 Å². The van der Waals surface area contributed by atoms with Gasteiger partial charge in [-0.3, -0.25) is 15.4 Å². The van der Waals surface area contributed by atoms with Crippen LogP contribution in [-0.4, -0.2) is 65.7 Å². The molecule has 2 rings (SSSR count). The van der Waals surface area contributed by atoms with Crippen LogP contribution in [0.3, 0.4) is 0 Å². The maximum absolute atomic E-state index is 14.0. The average molecular weight is 352 g/mol. The van der Waals surface area contributed by atoms with Gasteiger partial charge in [-0.05, 0) is 0 Å². The summed E-state index contributed by atoms with van der Waals surface area (Å²) >= 11 is 0. The Morgan fingerprint density at radius 1 is 1.22 bits per heavy atom. The number of aliphatic hydroxyl groups excluding tert-OH is 1. The third-order valence-electron chi connectivity index (χ3n) is 2.67. The lowest BCUT2D eigenvalue weighted by Gasteiger charge is -2.26. The first kappa shape index (κ1) is 17.1. The minimum absolute atomic E-state index is 0.0231. The van der Waals surface area contributed by atoms with E-state index in [2.05, 4.69) is 21.1 Å². The molecule has 13 heteroatoms. The summed E-state index contributed by atoms with van der Waals surface area (Å²) in [6.07, 6.45) is 1.96. The molecule has 0 atom stereocenters. The van der Waals surface area contributed by atoms with Gasteiger partial charge in [0.25, 0.3) is 10.1 Å². The van der Waals surface area contributed by atoms with Crippen LogP contribution in [0.15, 0.2) is 33.8 Å². The third-order valence-corrected chi connectivity index (χ3v) is 3.36. The largest absolute Gasteiger partial charge is 0.394 e. The van der Waals surface area contributed by atoms with Crippen molar-refractivity contribution in [2.75, 3.05) is 25.4 Å². The van der Waals surface area contributed by atoms with Crippen molar-refractivity contribution >= 4 is 22.0 Å². The van der Waals surface area contributed by atoms with Crippen molar-refractivity contribution in [3.05, 3.63) is 23.6 Å². The van der Waals surface area contributed by atoms with Crippen LogP contribution in [-0.2, 0) is 10.1 Å². The maximum atomic E-state index is 14.0. The molecular formula is C10H14F2N6O4S. The number of aliphatic hydroxyl groups is 1. The van der Waals surface area contributed by atoms with Crippen LogP contribution in [0.1, 0.15) is 0 Å². The Bertz CT molecular complexity index is 689. The number of halogens is 2. The molecule has 10 nitrogen and oxygen atoms in total. The van der Waals surface area contributed by atoms with Crippen LogP contribution in [0.2, 0.25) is 0 Å². The molecule has 23 heavy (non-hydrogen) atoms. The lowest BCUT2D eigenvalue weighted by molar-refractivity contribution is 0.148. The van der Waals surface area contributed by atoms with Gasteiger partial charge in [-0.1, -0.05) is 0 Å². The van der Waals surface area contributed by atoms with Crippen LogP contribution in [0.5, 0.6) is 0 Å². The van der Waals surface area contributed by atoms with Crippen LogP contribution < -0.4 is 10.9 Å². The zero-order valence-electron chi connectivity index (χ0n) is 11.6. The number of rotatable bonds is 6. The van der Waals surface area contributed by atoms with Crippen LogP contribution in [0, 0.1) is 0 Å². The van der Waals surface area contributed by atoms with E-state index in [1.807, 2.05) is 0 Å². The van der Waals surface area contributed by atoms with E-state index in [4.69, 9.17) is 9.66 Å². The van der Waals surface area contributed by atoms with E-state index in [9.17, 15) is 17.2 Å². The Morgan fingerprint density at radius 3 is 2.57 bits per heavy atom. The van der Waals surface area contributed by atoms with Crippen molar-refractivity contribution in [1.29, 1.82) is 0 Å². The summed E-state index contributed by atoms with van der Waals surface area (Å²) < 4.78 is 57.4. The molecule has 0 unspecified atom stereocenters. The summed E-state index contributed by atoms with van der Waals surface area (Å²) in [5.74, 6) is -2.38. The summed E-state index contributed by atoms with van der Waals surface area (Å²) in [5.41, 5.74) is 4.12. The SMILES string of the molecule is O=S(=O)(O)CCN1N=CC(C2=NN(CCO)NC(F)=C2)=C(F)N1. The lowest BCUT2D eigenvalue weighted by Crippen LogP contribution is -2.41. The van der Waals surface area contributed by atoms with Gasteiger partial charge in [0.2, 0.25) is 11.9 Å². The fourth-order valence-electron chi connectivity index (χ4n) is 1.67. The highest BCUT2D eigenvalue weighted by Gasteiger charge is 2.22. The number of hydrogen-bond donors (Lipinski definition) is 4. The van der Waals surface area contributed by atoms with E-state index < -0.39 is 27.8 Å². The van der Waals surface area contributed by atoms with Crippen molar-refractivity contribution < 1.29 is 26.9 Å². The highest BCUT2D eigenvalue weighted by molar-refractivity contribution is 7.85. The Balaban J connectivity index is 2.10. The first-order valence-corrected chi connectivity index (χ1v) is 7.94. The summed E-state index contributed by atoms with van der Waals surface area (Å²) in [4.78, 5) is 0. The Hall–Kier alpha value is -2.25. The van der Waals surface area contributed by atoms with E-state index in [1.165, 1.54) is 0 Å². The van der Waals surface area contributed by atoms with Gasteiger partial charge in [0.15, 0.2) is 0 Å². The van der Waals surface area contributed by atoms with E-state index in [0.717, 1.165) is 22.5 Å². The molecule has 128 valence electrons. The van der Waals surface area contributed by atoms with Crippen molar-refractivity contribution in [1.82, 2.24) is 21.1 Å². The maximum Gasteiger partial charge on any atom is 0.266 e. The summed E-state index contributed by atoms with van der Waals surface area (Å²) in [7, 11) is -4.21. The van der Waals surface area contributed by atoms with Crippen molar-refractivity contribution in [2.45, 2.75) is 0 Å². The molecule has 2 aliphatic rings. The normalized spacial score (nSPS) is 18.4. The van der Waals surface area contributed by atoms with E-state index in [0.29, 0.717) is 0 Å². The molecule has 0 aromatic heterocycles. The summed E-state index contributed by atoms with van der Waals surface area (Å²) in [6, 6.07) is 0. The minimum atomic E-state index is -4.21. The highest BCUT2D eigenvalue weighted by atomic mass is 32.2. The number of nitrogens with zero attached hydrogens (tertiary/aromatic N) is 4. The quantitative estimate of drug-likeness (QED) is 0.348. The van der Waals surface area contributed by atoms with Crippen LogP contribution in [0.4, 0.5) is 8.78 Å². The predicted octanol–water partition coefficient (Wildman–Crippen LogP) is -1.16. The molecule has 0 aliphatic carbocycles. The second-order valence-electron chi connectivity index (χ2n) is 4.43. The van der Waals surface area contributed by atoms with Crippen molar-refractivity contribution in [3.63, 3.8) is 0 Å². The third kappa shape index (κ3) is 4.87. The molecule has 0 amide bonds. The molecule has 0 bridgehead atoms. The molecule has 4 N–H and O–H groups in total. The smallest absolute Gasteiger partial charge is 0.266 e. The Kier molecular flexibility index (Phi) is 5.12. The number of allylic oxidation sites excluding steroid dienone is 2. The first-order valence-electron chi connectivity index (χ1n) is 6.33. The fraction of sp³-hybridized carbons (Fsp3) is 0.400. The molecule has 0 spiro atoms. The fourth-order valence-corrected chi connectivity index (χ4v) is 2.08. The topological polar surface area (TPSA) is 130 Å². The Morgan fingerprint density at radius 2 is 1.96 bits per heavy atom. The highest BCUT2D eigenvalue weighted by Crippen LogP contribution is 2.15. The summed E-state index contributed by atoms with van der Waals surface area (Å²) in [6.45, 7) is -0.621. The monoisotopic (exact) mass is 352 g/mol. The molecule has 2 aliphatic heterocycles. The second-order valence-corrected chi connectivity index (χ2v) is 6.00.